The lowest BCUT2D eigenvalue weighted by Crippen LogP contribution is -2.11. The van der Waals surface area contributed by atoms with E-state index in [2.05, 4.69) is 139 Å². The van der Waals surface area contributed by atoms with Crippen LogP contribution in [0.15, 0.2) is 103 Å². The van der Waals surface area contributed by atoms with Crippen LogP contribution in [0.3, 0.4) is 0 Å². The molecular weight excluding hydrogens is 414 g/mol. The first kappa shape index (κ1) is 20.5. The summed E-state index contributed by atoms with van der Waals surface area (Å²) in [5.74, 6) is 0. The number of benzene rings is 4. The minimum Gasteiger partial charge on any atom is -0.309 e. The van der Waals surface area contributed by atoms with Crippen molar-refractivity contribution in [3.8, 4) is 28.1 Å². The van der Waals surface area contributed by atoms with E-state index in [0.717, 1.165) is 17.0 Å². The first-order valence-electron chi connectivity index (χ1n) is 11.7. The van der Waals surface area contributed by atoms with E-state index in [-0.39, 0.29) is 5.41 Å². The maximum atomic E-state index is 4.54. The highest BCUT2D eigenvalue weighted by atomic mass is 15.1. The minimum absolute atomic E-state index is 0.0534. The van der Waals surface area contributed by atoms with Gasteiger partial charge in [0.15, 0.2) is 0 Å². The van der Waals surface area contributed by atoms with Crippen molar-refractivity contribution in [2.24, 2.45) is 0 Å². The van der Waals surface area contributed by atoms with Gasteiger partial charge in [-0.2, -0.15) is 5.10 Å². The Labute approximate surface area is 199 Å². The van der Waals surface area contributed by atoms with Crippen LogP contribution < -0.4 is 0 Å². The van der Waals surface area contributed by atoms with E-state index in [4.69, 9.17) is 0 Å². The van der Waals surface area contributed by atoms with Gasteiger partial charge in [-0.3, -0.25) is 5.10 Å². The normalized spacial score (nSPS) is 12.0. The average Bonchev–Trinajstić information content (AvgIpc) is 3.48. The Balaban J connectivity index is 1.45. The molecule has 0 saturated heterocycles. The van der Waals surface area contributed by atoms with E-state index in [0.29, 0.717) is 0 Å². The number of nitrogens with zero attached hydrogens (tertiary/aromatic N) is 2. The molecule has 4 aromatic carbocycles. The summed E-state index contributed by atoms with van der Waals surface area (Å²) in [6.07, 6.45) is 0. The Morgan fingerprint density at radius 2 is 1.26 bits per heavy atom. The molecule has 2 heterocycles. The molecule has 0 aliphatic rings. The first-order valence-corrected chi connectivity index (χ1v) is 11.7. The van der Waals surface area contributed by atoms with Gasteiger partial charge in [-0.15, -0.1) is 0 Å². The molecule has 0 spiro atoms. The third-order valence-corrected chi connectivity index (χ3v) is 6.59. The van der Waals surface area contributed by atoms with Crippen molar-refractivity contribution in [1.29, 1.82) is 0 Å². The summed E-state index contributed by atoms with van der Waals surface area (Å²) in [6.45, 7) is 6.58. The molecule has 3 heteroatoms. The van der Waals surface area contributed by atoms with Crippen LogP contribution in [0.4, 0.5) is 0 Å². The van der Waals surface area contributed by atoms with Crippen molar-refractivity contribution in [3.63, 3.8) is 0 Å². The standard InChI is InChI=1S/C31H27N3/c1-31(2,3)30-20-27(32-33-30)22-15-13-21(14-16-22)23-17-18-26-25-11-7-8-12-28(25)34(29(26)19-23)24-9-5-4-6-10-24/h4-20H,1-3H3,(H,32,33). The van der Waals surface area contributed by atoms with Gasteiger partial charge >= 0.3 is 0 Å². The summed E-state index contributed by atoms with van der Waals surface area (Å²) in [5, 5.41) is 10.3. The average molecular weight is 442 g/mol. The molecule has 3 nitrogen and oxygen atoms in total. The second-order valence-corrected chi connectivity index (χ2v) is 9.91. The Bertz CT molecular complexity index is 1610. The SMILES string of the molecule is CC(C)(C)c1cc(-c2ccc(-c3ccc4c5ccccc5n(-c5ccccc5)c4c3)cc2)n[nH]1. The van der Waals surface area contributed by atoms with Crippen LogP contribution in [-0.2, 0) is 5.41 Å². The molecule has 1 N–H and O–H groups in total. The highest BCUT2D eigenvalue weighted by Crippen LogP contribution is 2.35. The number of hydrogen-bond acceptors (Lipinski definition) is 1. The Morgan fingerprint density at radius 1 is 0.618 bits per heavy atom. The molecule has 0 unspecified atom stereocenters. The topological polar surface area (TPSA) is 33.6 Å². The van der Waals surface area contributed by atoms with E-state index in [1.165, 1.54) is 38.6 Å². The highest BCUT2D eigenvalue weighted by Gasteiger charge is 2.17. The van der Waals surface area contributed by atoms with Gasteiger partial charge in [0.1, 0.15) is 0 Å². The number of para-hydroxylation sites is 2. The van der Waals surface area contributed by atoms with Gasteiger partial charge in [0, 0.05) is 33.1 Å². The fraction of sp³-hybridized carbons (Fsp3) is 0.129. The summed E-state index contributed by atoms with van der Waals surface area (Å²) in [7, 11) is 0. The lowest BCUT2D eigenvalue weighted by atomic mass is 9.92. The third kappa shape index (κ3) is 3.41. The summed E-state index contributed by atoms with van der Waals surface area (Å²) in [4.78, 5) is 0. The van der Waals surface area contributed by atoms with E-state index < -0.39 is 0 Å². The maximum absolute atomic E-state index is 4.54. The Kier molecular flexibility index (Phi) is 4.66. The minimum atomic E-state index is 0.0534. The van der Waals surface area contributed by atoms with E-state index in [9.17, 15) is 0 Å². The molecule has 0 aliphatic heterocycles. The summed E-state index contributed by atoms with van der Waals surface area (Å²) < 4.78 is 2.36. The zero-order chi connectivity index (χ0) is 23.3. The van der Waals surface area contributed by atoms with Crippen LogP contribution in [-0.4, -0.2) is 14.8 Å². The van der Waals surface area contributed by atoms with Gasteiger partial charge in [-0.1, -0.05) is 93.6 Å². The van der Waals surface area contributed by atoms with Gasteiger partial charge in [0.2, 0.25) is 0 Å². The van der Waals surface area contributed by atoms with Crippen LogP contribution in [0.25, 0.3) is 49.9 Å². The third-order valence-electron chi connectivity index (χ3n) is 6.59. The molecule has 0 bridgehead atoms. The summed E-state index contributed by atoms with van der Waals surface area (Å²) >= 11 is 0. The Morgan fingerprint density at radius 3 is 2.00 bits per heavy atom. The molecule has 0 radical (unpaired) electrons. The van der Waals surface area contributed by atoms with Crippen molar-refractivity contribution in [1.82, 2.24) is 14.8 Å². The van der Waals surface area contributed by atoms with Crippen molar-refractivity contribution in [2.45, 2.75) is 26.2 Å². The number of nitrogens with one attached hydrogen (secondary N) is 1. The number of fused-ring (bicyclic) bond motifs is 3. The van der Waals surface area contributed by atoms with Crippen LogP contribution in [0.2, 0.25) is 0 Å². The summed E-state index contributed by atoms with van der Waals surface area (Å²) in [6, 6.07) is 36.9. The van der Waals surface area contributed by atoms with E-state index >= 15 is 0 Å². The van der Waals surface area contributed by atoms with Gasteiger partial charge < -0.3 is 4.57 Å². The molecule has 0 amide bonds. The van der Waals surface area contributed by atoms with Gasteiger partial charge in [0.25, 0.3) is 0 Å². The number of aromatic nitrogens is 3. The number of H-pyrrole nitrogens is 1. The zero-order valence-electron chi connectivity index (χ0n) is 19.7. The second-order valence-electron chi connectivity index (χ2n) is 9.91. The molecule has 34 heavy (non-hydrogen) atoms. The quantitative estimate of drug-likeness (QED) is 0.295. The van der Waals surface area contributed by atoms with Crippen LogP contribution in [0, 0.1) is 0 Å². The lowest BCUT2D eigenvalue weighted by Gasteiger charge is -2.14. The molecule has 2 aromatic heterocycles. The number of rotatable bonds is 3. The van der Waals surface area contributed by atoms with Gasteiger partial charge in [-0.25, -0.2) is 0 Å². The lowest BCUT2D eigenvalue weighted by molar-refractivity contribution is 0.567. The van der Waals surface area contributed by atoms with E-state index in [1.807, 2.05) is 0 Å². The molecular formula is C31H27N3. The van der Waals surface area contributed by atoms with Crippen molar-refractivity contribution in [2.75, 3.05) is 0 Å². The Hall–Kier alpha value is -4.11. The van der Waals surface area contributed by atoms with Crippen molar-refractivity contribution < 1.29 is 0 Å². The molecule has 166 valence electrons. The molecule has 0 saturated carbocycles. The van der Waals surface area contributed by atoms with Crippen molar-refractivity contribution in [3.05, 3.63) is 109 Å². The monoisotopic (exact) mass is 441 g/mol. The molecule has 6 aromatic rings. The molecule has 0 aliphatic carbocycles. The maximum Gasteiger partial charge on any atom is 0.0923 e. The van der Waals surface area contributed by atoms with E-state index in [1.54, 1.807) is 0 Å². The zero-order valence-corrected chi connectivity index (χ0v) is 19.7. The van der Waals surface area contributed by atoms with Crippen LogP contribution >= 0.6 is 0 Å². The number of aromatic amines is 1. The fourth-order valence-electron chi connectivity index (χ4n) is 4.69. The molecule has 0 fully saturated rings. The second kappa shape index (κ2) is 7.74. The smallest absolute Gasteiger partial charge is 0.0923 e. The molecule has 6 rings (SSSR count). The predicted octanol–water partition coefficient (Wildman–Crippen LogP) is 8.14. The van der Waals surface area contributed by atoms with Crippen molar-refractivity contribution >= 4 is 21.8 Å². The first-order chi connectivity index (χ1) is 16.5. The fourth-order valence-corrected chi connectivity index (χ4v) is 4.69. The highest BCUT2D eigenvalue weighted by molar-refractivity contribution is 6.10. The largest absolute Gasteiger partial charge is 0.309 e. The predicted molar refractivity (Wildman–Crippen MR) is 142 cm³/mol. The van der Waals surface area contributed by atoms with Crippen LogP contribution in [0.5, 0.6) is 0 Å². The molecule has 0 atom stereocenters. The van der Waals surface area contributed by atoms with Crippen LogP contribution in [0.1, 0.15) is 26.5 Å². The van der Waals surface area contributed by atoms with Gasteiger partial charge in [0.05, 0.1) is 16.7 Å². The summed E-state index contributed by atoms with van der Waals surface area (Å²) in [5.41, 5.74) is 9.32. The number of hydrogen-bond donors (Lipinski definition) is 1. The van der Waals surface area contributed by atoms with Gasteiger partial charge in [-0.05, 0) is 41.5 Å².